The summed E-state index contributed by atoms with van der Waals surface area (Å²) in [5.74, 6) is 0.281. The second kappa shape index (κ2) is 3.83. The number of ether oxygens (including phenoxy) is 1. The Kier molecular flexibility index (Phi) is 3.02. The summed E-state index contributed by atoms with van der Waals surface area (Å²) in [6, 6.07) is -0.00579. The van der Waals surface area contributed by atoms with Crippen molar-refractivity contribution in [2.45, 2.75) is 31.9 Å². The van der Waals surface area contributed by atoms with Gasteiger partial charge < -0.3 is 10.1 Å². The highest BCUT2D eigenvalue weighted by molar-refractivity contribution is 5.83. The van der Waals surface area contributed by atoms with E-state index in [1.54, 1.807) is 7.05 Å². The van der Waals surface area contributed by atoms with Gasteiger partial charge in [0.25, 0.3) is 0 Å². The highest BCUT2D eigenvalue weighted by atomic mass is 16.6. The topological polar surface area (TPSA) is 41.6 Å². The molecule has 1 heterocycles. The number of carbonyl (C=O) groups is 1. The van der Waals surface area contributed by atoms with E-state index in [9.17, 15) is 4.79 Å². The van der Waals surface area contributed by atoms with E-state index >= 15 is 0 Å². The second-order valence-corrected chi connectivity index (χ2v) is 2.97. The monoisotopic (exact) mass is 157 g/mol. The summed E-state index contributed by atoms with van der Waals surface area (Å²) in [5, 5.41) is 2.92. The molecule has 1 rings (SSSR count). The molecule has 0 aromatic rings. The predicted octanol–water partition coefficient (Wildman–Crippen LogP) is 0.342. The van der Waals surface area contributed by atoms with Crippen LogP contribution in [0.15, 0.2) is 0 Å². The van der Waals surface area contributed by atoms with Crippen molar-refractivity contribution in [2.24, 2.45) is 0 Å². The van der Waals surface area contributed by atoms with Gasteiger partial charge in [-0.15, -0.1) is 0 Å². The normalized spacial score (nSPS) is 24.7. The molecule has 0 radical (unpaired) electrons. The third kappa shape index (κ3) is 2.99. The van der Waals surface area contributed by atoms with Crippen molar-refractivity contribution in [3.8, 4) is 0 Å². The molecule has 1 saturated heterocycles. The number of likely N-dealkylation sites (N-methyl/N-ethyl adjacent to an activating group) is 1. The molecule has 1 aliphatic rings. The van der Waals surface area contributed by atoms with Crippen molar-refractivity contribution < 1.29 is 9.53 Å². The zero-order valence-corrected chi connectivity index (χ0v) is 7.09. The van der Waals surface area contributed by atoms with E-state index in [4.69, 9.17) is 4.74 Å². The largest absolute Gasteiger partial charge is 0.373 e. The number of hydrogen-bond donors (Lipinski definition) is 1. The molecule has 2 unspecified atom stereocenters. The van der Waals surface area contributed by atoms with Crippen LogP contribution in [0.25, 0.3) is 0 Å². The van der Waals surface area contributed by atoms with Crippen molar-refractivity contribution in [1.82, 2.24) is 5.32 Å². The van der Waals surface area contributed by atoms with Crippen molar-refractivity contribution in [2.75, 3.05) is 13.7 Å². The van der Waals surface area contributed by atoms with Crippen LogP contribution >= 0.6 is 0 Å². The Morgan fingerprint density at radius 1 is 1.82 bits per heavy atom. The Labute approximate surface area is 67.1 Å². The van der Waals surface area contributed by atoms with Crippen molar-refractivity contribution in [3.05, 3.63) is 0 Å². The maximum absolute atomic E-state index is 11.2. The SMILES string of the molecule is CNC(C)C(=O)CCC1CO1. The summed E-state index contributed by atoms with van der Waals surface area (Å²) in [4.78, 5) is 11.2. The maximum Gasteiger partial charge on any atom is 0.149 e. The summed E-state index contributed by atoms with van der Waals surface area (Å²) >= 11 is 0. The minimum atomic E-state index is -0.00579. The van der Waals surface area contributed by atoms with Crippen molar-refractivity contribution >= 4 is 5.78 Å². The molecule has 64 valence electrons. The molecular weight excluding hydrogens is 142 g/mol. The Bertz CT molecular complexity index is 143. The third-order valence-corrected chi connectivity index (χ3v) is 2.03. The molecule has 3 heteroatoms. The lowest BCUT2D eigenvalue weighted by atomic mass is 10.1. The lowest BCUT2D eigenvalue weighted by Crippen LogP contribution is -2.30. The highest BCUT2D eigenvalue weighted by Gasteiger charge is 2.23. The van der Waals surface area contributed by atoms with Crippen molar-refractivity contribution in [3.63, 3.8) is 0 Å². The molecule has 1 N–H and O–H groups in total. The predicted molar refractivity (Wildman–Crippen MR) is 42.5 cm³/mol. The molecule has 1 fully saturated rings. The van der Waals surface area contributed by atoms with Gasteiger partial charge in [0.05, 0.1) is 18.8 Å². The Hall–Kier alpha value is -0.410. The lowest BCUT2D eigenvalue weighted by molar-refractivity contribution is -0.120. The summed E-state index contributed by atoms with van der Waals surface area (Å²) in [5.41, 5.74) is 0. The Balaban J connectivity index is 2.08. The minimum absolute atomic E-state index is 0.00579. The number of carbonyl (C=O) groups excluding carboxylic acids is 1. The lowest BCUT2D eigenvalue weighted by Gasteiger charge is -2.06. The fourth-order valence-electron chi connectivity index (χ4n) is 0.915. The van der Waals surface area contributed by atoms with E-state index < -0.39 is 0 Å². The zero-order chi connectivity index (χ0) is 8.27. The molecule has 0 amide bonds. The number of Topliss-reactive ketones (excluding diaryl/α,β-unsaturated/α-hetero) is 1. The van der Waals surface area contributed by atoms with Crippen LogP contribution in [0.3, 0.4) is 0 Å². The summed E-state index contributed by atoms with van der Waals surface area (Å²) in [6.07, 6.45) is 1.92. The van der Waals surface area contributed by atoms with Crippen LogP contribution in [0, 0.1) is 0 Å². The van der Waals surface area contributed by atoms with E-state index in [1.165, 1.54) is 0 Å². The first kappa shape index (κ1) is 8.68. The van der Waals surface area contributed by atoms with Crippen LogP contribution in [0.5, 0.6) is 0 Å². The van der Waals surface area contributed by atoms with Gasteiger partial charge in [-0.25, -0.2) is 0 Å². The fraction of sp³-hybridized carbons (Fsp3) is 0.875. The average molecular weight is 157 g/mol. The van der Waals surface area contributed by atoms with Gasteiger partial charge in [0, 0.05) is 6.42 Å². The molecule has 1 aliphatic heterocycles. The van der Waals surface area contributed by atoms with Gasteiger partial charge in [-0.2, -0.15) is 0 Å². The Morgan fingerprint density at radius 3 is 2.91 bits per heavy atom. The summed E-state index contributed by atoms with van der Waals surface area (Å²) < 4.78 is 5.00. The smallest absolute Gasteiger partial charge is 0.149 e. The Morgan fingerprint density at radius 2 is 2.45 bits per heavy atom. The van der Waals surface area contributed by atoms with Crippen LogP contribution < -0.4 is 5.32 Å². The first-order chi connectivity index (χ1) is 5.24. The quantitative estimate of drug-likeness (QED) is 0.585. The molecular formula is C8H15NO2. The van der Waals surface area contributed by atoms with Gasteiger partial charge in [0.2, 0.25) is 0 Å². The van der Waals surface area contributed by atoms with E-state index in [1.807, 2.05) is 6.92 Å². The molecule has 3 nitrogen and oxygen atoms in total. The standard InChI is InChI=1S/C8H15NO2/c1-6(9-2)8(10)4-3-7-5-11-7/h6-7,9H,3-5H2,1-2H3. The second-order valence-electron chi connectivity index (χ2n) is 2.97. The van der Waals surface area contributed by atoms with Gasteiger partial charge in [-0.05, 0) is 20.4 Å². The average Bonchev–Trinajstić information content (AvgIpc) is 2.81. The number of rotatable bonds is 5. The molecule has 0 aromatic heterocycles. The summed E-state index contributed by atoms with van der Waals surface area (Å²) in [6.45, 7) is 2.73. The van der Waals surface area contributed by atoms with Gasteiger partial charge in [-0.3, -0.25) is 4.79 Å². The molecule has 0 spiro atoms. The van der Waals surface area contributed by atoms with Gasteiger partial charge in [0.15, 0.2) is 0 Å². The van der Waals surface area contributed by atoms with Crippen LogP contribution in [-0.2, 0) is 9.53 Å². The molecule has 0 aliphatic carbocycles. The number of hydrogen-bond acceptors (Lipinski definition) is 3. The van der Waals surface area contributed by atoms with Crippen LogP contribution in [-0.4, -0.2) is 31.6 Å². The maximum atomic E-state index is 11.2. The van der Waals surface area contributed by atoms with E-state index in [0.29, 0.717) is 12.5 Å². The molecule has 2 atom stereocenters. The number of ketones is 1. The molecule has 11 heavy (non-hydrogen) atoms. The number of epoxide rings is 1. The zero-order valence-electron chi connectivity index (χ0n) is 7.09. The first-order valence-electron chi connectivity index (χ1n) is 4.05. The third-order valence-electron chi connectivity index (χ3n) is 2.03. The van der Waals surface area contributed by atoms with Crippen molar-refractivity contribution in [1.29, 1.82) is 0 Å². The van der Waals surface area contributed by atoms with E-state index in [0.717, 1.165) is 13.0 Å². The van der Waals surface area contributed by atoms with Gasteiger partial charge in [-0.1, -0.05) is 0 Å². The first-order valence-corrected chi connectivity index (χ1v) is 4.05. The molecule has 0 aromatic carbocycles. The molecule has 0 saturated carbocycles. The van der Waals surface area contributed by atoms with E-state index in [-0.39, 0.29) is 11.8 Å². The number of nitrogens with one attached hydrogen (secondary N) is 1. The molecule has 0 bridgehead atoms. The highest BCUT2D eigenvalue weighted by Crippen LogP contribution is 2.15. The van der Waals surface area contributed by atoms with Crippen LogP contribution in [0.2, 0.25) is 0 Å². The fourth-order valence-corrected chi connectivity index (χ4v) is 0.915. The van der Waals surface area contributed by atoms with Gasteiger partial charge in [0.1, 0.15) is 5.78 Å². The minimum Gasteiger partial charge on any atom is -0.373 e. The van der Waals surface area contributed by atoms with Crippen LogP contribution in [0.1, 0.15) is 19.8 Å². The van der Waals surface area contributed by atoms with E-state index in [2.05, 4.69) is 5.32 Å². The summed E-state index contributed by atoms with van der Waals surface area (Å²) in [7, 11) is 1.80. The van der Waals surface area contributed by atoms with Crippen LogP contribution in [0.4, 0.5) is 0 Å². The van der Waals surface area contributed by atoms with Gasteiger partial charge >= 0.3 is 0 Å².